The van der Waals surface area contributed by atoms with E-state index in [1.165, 1.54) is 18.9 Å². The summed E-state index contributed by atoms with van der Waals surface area (Å²) < 4.78 is 27.0. The number of rotatable bonds is 6. The Balaban J connectivity index is 1.83. The number of nitrogens with one attached hydrogen (secondary N) is 1. The third-order valence-corrected chi connectivity index (χ3v) is 6.13. The van der Waals surface area contributed by atoms with Gasteiger partial charge in [0.15, 0.2) is 0 Å². The molecule has 0 radical (unpaired) electrons. The second kappa shape index (κ2) is 6.21. The Morgan fingerprint density at radius 3 is 2.74 bits per heavy atom. The van der Waals surface area contributed by atoms with E-state index in [9.17, 15) is 8.42 Å². The van der Waals surface area contributed by atoms with Crippen molar-refractivity contribution in [2.45, 2.75) is 24.0 Å². The first-order valence-corrected chi connectivity index (χ1v) is 8.90. The predicted molar refractivity (Wildman–Crippen MR) is 78.8 cm³/mol. The number of nitrogens with zero attached hydrogens (tertiary/aromatic N) is 1. The van der Waals surface area contributed by atoms with E-state index in [2.05, 4.69) is 16.5 Å². The minimum Gasteiger partial charge on any atom is -0.398 e. The van der Waals surface area contributed by atoms with E-state index < -0.39 is 10.0 Å². The van der Waals surface area contributed by atoms with Crippen molar-refractivity contribution in [3.8, 4) is 0 Å². The number of nitrogen functional groups attached to an aromatic ring is 1. The Labute approximate surface area is 118 Å². The molecule has 2 heterocycles. The lowest BCUT2D eigenvalue weighted by molar-refractivity contribution is 0.288. The van der Waals surface area contributed by atoms with Gasteiger partial charge < -0.3 is 10.6 Å². The number of sulfonamides is 1. The van der Waals surface area contributed by atoms with Gasteiger partial charge in [0.25, 0.3) is 0 Å². The first-order valence-electron chi connectivity index (χ1n) is 6.53. The van der Waals surface area contributed by atoms with Gasteiger partial charge in [0.2, 0.25) is 10.0 Å². The summed E-state index contributed by atoms with van der Waals surface area (Å²) >= 11 is 1.16. The van der Waals surface area contributed by atoms with Gasteiger partial charge in [-0.25, -0.2) is 13.1 Å². The van der Waals surface area contributed by atoms with Crippen LogP contribution in [0.2, 0.25) is 0 Å². The van der Waals surface area contributed by atoms with Crippen molar-refractivity contribution in [2.75, 3.05) is 31.9 Å². The molecule has 19 heavy (non-hydrogen) atoms. The van der Waals surface area contributed by atoms with Crippen LogP contribution in [0.15, 0.2) is 15.7 Å². The maximum atomic E-state index is 12.0. The summed E-state index contributed by atoms with van der Waals surface area (Å²) in [6.07, 6.45) is 2.51. The van der Waals surface area contributed by atoms with Gasteiger partial charge in [0.1, 0.15) is 4.21 Å². The molecule has 0 saturated carbocycles. The zero-order chi connectivity index (χ0) is 13.9. The van der Waals surface area contributed by atoms with Crippen molar-refractivity contribution in [3.63, 3.8) is 0 Å². The van der Waals surface area contributed by atoms with Gasteiger partial charge in [-0.1, -0.05) is 6.92 Å². The van der Waals surface area contributed by atoms with Crippen LogP contribution in [-0.2, 0) is 10.0 Å². The minimum absolute atomic E-state index is 0.290. The summed E-state index contributed by atoms with van der Waals surface area (Å²) in [7, 11) is -3.40. The van der Waals surface area contributed by atoms with Crippen LogP contribution in [0, 0.1) is 5.92 Å². The molecule has 0 aliphatic carbocycles. The summed E-state index contributed by atoms with van der Waals surface area (Å²) in [4.78, 5) is 2.39. The Bertz CT molecular complexity index is 507. The van der Waals surface area contributed by atoms with Crippen molar-refractivity contribution in [3.05, 3.63) is 11.4 Å². The van der Waals surface area contributed by atoms with Gasteiger partial charge in [0, 0.05) is 24.2 Å². The highest BCUT2D eigenvalue weighted by molar-refractivity contribution is 7.91. The highest BCUT2D eigenvalue weighted by atomic mass is 32.2. The average molecular weight is 303 g/mol. The molecule has 1 aromatic rings. The maximum absolute atomic E-state index is 12.0. The fourth-order valence-electron chi connectivity index (χ4n) is 2.26. The van der Waals surface area contributed by atoms with Crippen molar-refractivity contribution >= 4 is 27.0 Å². The molecule has 0 bridgehead atoms. The SMILES string of the molecule is CC(CNS(=O)(=O)c1cc(N)cs1)CN1CCCC1. The van der Waals surface area contributed by atoms with E-state index in [-0.39, 0.29) is 0 Å². The molecule has 5 nitrogen and oxygen atoms in total. The van der Waals surface area contributed by atoms with Crippen molar-refractivity contribution in [2.24, 2.45) is 5.92 Å². The van der Waals surface area contributed by atoms with Gasteiger partial charge in [-0.2, -0.15) is 0 Å². The second-order valence-corrected chi connectivity index (χ2v) is 8.07. The molecule has 108 valence electrons. The number of anilines is 1. The molecule has 2 rings (SSSR count). The minimum atomic E-state index is -3.40. The molecule has 1 aliphatic heterocycles. The standard InChI is InChI=1S/C12H21N3O2S2/c1-10(8-15-4-2-3-5-15)7-14-19(16,17)12-6-11(13)9-18-12/h6,9-10,14H,2-5,7-8,13H2,1H3. The fraction of sp³-hybridized carbons (Fsp3) is 0.667. The number of likely N-dealkylation sites (tertiary alicyclic amines) is 1. The van der Waals surface area contributed by atoms with Crippen molar-refractivity contribution < 1.29 is 8.42 Å². The summed E-state index contributed by atoms with van der Waals surface area (Å²) in [6, 6.07) is 1.50. The second-order valence-electron chi connectivity index (χ2n) is 5.16. The number of hydrogen-bond acceptors (Lipinski definition) is 5. The van der Waals surface area contributed by atoms with Crippen LogP contribution >= 0.6 is 11.3 Å². The lowest BCUT2D eigenvalue weighted by atomic mass is 10.2. The largest absolute Gasteiger partial charge is 0.398 e. The van der Waals surface area contributed by atoms with Crippen LogP contribution in [0.5, 0.6) is 0 Å². The van der Waals surface area contributed by atoms with Crippen LogP contribution in [-0.4, -0.2) is 39.5 Å². The van der Waals surface area contributed by atoms with Crippen LogP contribution in [0.25, 0.3) is 0 Å². The monoisotopic (exact) mass is 303 g/mol. The van der Waals surface area contributed by atoms with Crippen LogP contribution in [0.4, 0.5) is 5.69 Å². The highest BCUT2D eigenvalue weighted by Gasteiger charge is 2.19. The van der Waals surface area contributed by atoms with Crippen molar-refractivity contribution in [1.29, 1.82) is 0 Å². The normalized spacial score (nSPS) is 18.8. The zero-order valence-electron chi connectivity index (χ0n) is 11.1. The Kier molecular flexibility index (Phi) is 4.83. The Hall–Kier alpha value is -0.630. The van der Waals surface area contributed by atoms with Gasteiger partial charge in [-0.3, -0.25) is 0 Å². The maximum Gasteiger partial charge on any atom is 0.250 e. The Morgan fingerprint density at radius 1 is 1.47 bits per heavy atom. The molecule has 3 N–H and O–H groups in total. The molecule has 0 aromatic carbocycles. The molecule has 1 atom stereocenters. The topological polar surface area (TPSA) is 75.4 Å². The van der Waals surface area contributed by atoms with Gasteiger partial charge in [-0.15, -0.1) is 11.3 Å². The van der Waals surface area contributed by atoms with Gasteiger partial charge in [0.05, 0.1) is 0 Å². The summed E-state index contributed by atoms with van der Waals surface area (Å²) in [5, 5.41) is 1.64. The highest BCUT2D eigenvalue weighted by Crippen LogP contribution is 2.21. The molecular formula is C12H21N3O2S2. The third kappa shape index (κ3) is 4.17. The molecule has 1 unspecified atom stereocenters. The number of hydrogen-bond donors (Lipinski definition) is 2. The average Bonchev–Trinajstić information content (AvgIpc) is 2.98. The molecule has 1 saturated heterocycles. The van der Waals surface area contributed by atoms with E-state index in [0.717, 1.165) is 31.0 Å². The van der Waals surface area contributed by atoms with Crippen LogP contribution in [0.3, 0.4) is 0 Å². The lowest BCUT2D eigenvalue weighted by Gasteiger charge is -2.20. The molecule has 0 amide bonds. The molecule has 1 aliphatic rings. The zero-order valence-corrected chi connectivity index (χ0v) is 12.8. The van der Waals surface area contributed by atoms with E-state index in [1.807, 2.05) is 0 Å². The van der Waals surface area contributed by atoms with Crippen molar-refractivity contribution in [1.82, 2.24) is 9.62 Å². The molecule has 1 fully saturated rings. The summed E-state index contributed by atoms with van der Waals surface area (Å²) in [5.41, 5.74) is 6.05. The van der Waals surface area contributed by atoms with Crippen LogP contribution in [0.1, 0.15) is 19.8 Å². The first kappa shape index (κ1) is 14.8. The summed E-state index contributed by atoms with van der Waals surface area (Å²) in [6.45, 7) is 5.77. The lowest BCUT2D eigenvalue weighted by Crippen LogP contribution is -2.34. The Morgan fingerprint density at radius 2 is 2.16 bits per heavy atom. The number of thiophene rings is 1. The summed E-state index contributed by atoms with van der Waals surface area (Å²) in [5.74, 6) is 0.310. The number of nitrogens with two attached hydrogens (primary N) is 1. The fourth-order valence-corrected chi connectivity index (χ4v) is 4.55. The smallest absolute Gasteiger partial charge is 0.250 e. The molecule has 0 spiro atoms. The van der Waals surface area contributed by atoms with Crippen LogP contribution < -0.4 is 10.5 Å². The predicted octanol–water partition coefficient (Wildman–Crippen LogP) is 1.34. The third-order valence-electron chi connectivity index (χ3n) is 3.25. The molecule has 1 aromatic heterocycles. The van der Waals surface area contributed by atoms with Gasteiger partial charge >= 0.3 is 0 Å². The quantitative estimate of drug-likeness (QED) is 0.831. The molecule has 7 heteroatoms. The van der Waals surface area contributed by atoms with Gasteiger partial charge in [-0.05, 0) is 37.9 Å². The molecular weight excluding hydrogens is 282 g/mol. The van der Waals surface area contributed by atoms with E-state index in [0.29, 0.717) is 22.4 Å². The first-order chi connectivity index (χ1) is 8.97. The van der Waals surface area contributed by atoms with E-state index in [1.54, 1.807) is 5.38 Å². The van der Waals surface area contributed by atoms with E-state index in [4.69, 9.17) is 5.73 Å². The van der Waals surface area contributed by atoms with E-state index >= 15 is 0 Å².